The van der Waals surface area contributed by atoms with Crippen LogP contribution in [0.3, 0.4) is 0 Å². The summed E-state index contributed by atoms with van der Waals surface area (Å²) in [6.07, 6.45) is -1.41. The monoisotopic (exact) mass is 481 g/mol. The number of nitrogens with zero attached hydrogens (tertiary/aromatic N) is 2. The molecular weight excluding hydrogens is 450 g/mol. The van der Waals surface area contributed by atoms with E-state index in [2.05, 4.69) is 17.4 Å². The fourth-order valence-corrected chi connectivity index (χ4v) is 4.79. The van der Waals surface area contributed by atoms with Crippen LogP contribution in [0, 0.1) is 0 Å². The summed E-state index contributed by atoms with van der Waals surface area (Å²) < 4.78 is 11.1. The molecule has 0 radical (unpaired) electrons. The molecule has 1 unspecified atom stereocenters. The van der Waals surface area contributed by atoms with Gasteiger partial charge in [-0.15, -0.1) is 0 Å². The molecule has 35 heavy (non-hydrogen) atoms. The second kappa shape index (κ2) is 10.9. The van der Waals surface area contributed by atoms with E-state index >= 15 is 0 Å². The minimum Gasteiger partial charge on any atom is -0.481 e. The summed E-state index contributed by atoms with van der Waals surface area (Å²) in [5.41, 5.74) is 4.50. The smallest absolute Gasteiger partial charge is 0.407 e. The molecule has 9 nitrogen and oxygen atoms in total. The molecule has 1 fully saturated rings. The van der Waals surface area contributed by atoms with Crippen molar-refractivity contribution in [1.82, 2.24) is 15.1 Å². The van der Waals surface area contributed by atoms with Gasteiger partial charge in [0, 0.05) is 25.6 Å². The number of carboxylic acids is 1. The van der Waals surface area contributed by atoms with E-state index in [1.54, 1.807) is 4.90 Å². The lowest BCUT2D eigenvalue weighted by Gasteiger charge is -2.35. The molecule has 2 N–H and O–H groups in total. The number of rotatable bonds is 8. The lowest BCUT2D eigenvalue weighted by Crippen LogP contribution is -2.56. The number of carbonyl (C=O) groups excluding carboxylic acids is 2. The number of nitrogens with one attached hydrogen (secondary N) is 1. The molecule has 0 aromatic heterocycles. The Bertz CT molecular complexity index is 1040. The third-order valence-corrected chi connectivity index (χ3v) is 6.33. The number of likely N-dealkylation sites (N-methyl/N-ethyl adjacent to an activating group) is 1. The zero-order valence-corrected chi connectivity index (χ0v) is 20.0. The molecule has 1 saturated heterocycles. The number of carboxylic acid groups (broad SMARTS) is 1. The predicted octanol–water partition coefficient (Wildman–Crippen LogP) is 2.16. The van der Waals surface area contributed by atoms with Gasteiger partial charge in [-0.3, -0.25) is 9.59 Å². The molecule has 0 bridgehead atoms. The average molecular weight is 482 g/mol. The molecule has 2 aromatic rings. The van der Waals surface area contributed by atoms with Gasteiger partial charge in [0.2, 0.25) is 5.91 Å². The first-order valence-corrected chi connectivity index (χ1v) is 11.7. The highest BCUT2D eigenvalue weighted by atomic mass is 16.5. The van der Waals surface area contributed by atoms with Crippen molar-refractivity contribution >= 4 is 18.0 Å². The largest absolute Gasteiger partial charge is 0.481 e. The van der Waals surface area contributed by atoms with Crippen LogP contribution >= 0.6 is 0 Å². The van der Waals surface area contributed by atoms with E-state index in [1.165, 1.54) is 0 Å². The van der Waals surface area contributed by atoms with Crippen LogP contribution in [0.2, 0.25) is 0 Å². The zero-order chi connectivity index (χ0) is 24.9. The highest BCUT2D eigenvalue weighted by molar-refractivity contribution is 5.86. The number of fused-ring (bicyclic) bond motifs is 3. The van der Waals surface area contributed by atoms with Crippen LogP contribution in [0.1, 0.15) is 23.5 Å². The third-order valence-electron chi connectivity index (χ3n) is 6.33. The van der Waals surface area contributed by atoms with E-state index in [0.29, 0.717) is 6.54 Å². The molecule has 0 spiro atoms. The van der Waals surface area contributed by atoms with E-state index in [4.69, 9.17) is 14.6 Å². The SMILES string of the molecule is CN(C)C[C@H](NC(=O)OCC1c2ccccc2-c2ccccc21)C(=O)N1CCOC(CC(=O)O)C1. The summed E-state index contributed by atoms with van der Waals surface area (Å²) in [5.74, 6) is -1.34. The van der Waals surface area contributed by atoms with Gasteiger partial charge in [0.05, 0.1) is 19.1 Å². The van der Waals surface area contributed by atoms with Gasteiger partial charge in [-0.2, -0.15) is 0 Å². The van der Waals surface area contributed by atoms with Crippen molar-refractivity contribution in [2.75, 3.05) is 46.9 Å². The van der Waals surface area contributed by atoms with Crippen LogP contribution in [0.15, 0.2) is 48.5 Å². The Morgan fingerprint density at radius 1 is 1.11 bits per heavy atom. The number of aliphatic carboxylic acids is 1. The van der Waals surface area contributed by atoms with Crippen molar-refractivity contribution in [2.24, 2.45) is 0 Å². The van der Waals surface area contributed by atoms with Crippen LogP contribution < -0.4 is 5.32 Å². The number of alkyl carbamates (subject to hydrolysis) is 1. The lowest BCUT2D eigenvalue weighted by atomic mass is 9.98. The quantitative estimate of drug-likeness (QED) is 0.595. The topological polar surface area (TPSA) is 108 Å². The highest BCUT2D eigenvalue weighted by Crippen LogP contribution is 2.44. The number of hydrogen-bond acceptors (Lipinski definition) is 6. The van der Waals surface area contributed by atoms with Gasteiger partial charge in [-0.1, -0.05) is 48.5 Å². The first-order chi connectivity index (χ1) is 16.8. The fourth-order valence-electron chi connectivity index (χ4n) is 4.79. The molecule has 1 heterocycles. The summed E-state index contributed by atoms with van der Waals surface area (Å²) in [6.45, 7) is 1.20. The standard InChI is InChI=1S/C26H31N3O6/c1-28(2)15-23(25(32)29-11-12-34-17(14-29)13-24(30)31)27-26(33)35-16-22-20-9-5-3-7-18(20)19-8-4-6-10-21(19)22/h3-10,17,22-23H,11-16H2,1-2H3,(H,27,33)(H,30,31)/t17?,23-/m0/s1. The Labute approximate surface area is 204 Å². The molecule has 2 amide bonds. The maximum atomic E-state index is 13.2. The second-order valence-electron chi connectivity index (χ2n) is 9.16. The summed E-state index contributed by atoms with van der Waals surface area (Å²) in [4.78, 5) is 40.4. The minimum absolute atomic E-state index is 0.0767. The van der Waals surface area contributed by atoms with Crippen molar-refractivity contribution < 1.29 is 29.0 Å². The maximum absolute atomic E-state index is 13.2. The molecule has 0 saturated carbocycles. The number of benzene rings is 2. The van der Waals surface area contributed by atoms with Crippen molar-refractivity contribution in [2.45, 2.75) is 24.5 Å². The minimum atomic E-state index is -0.981. The van der Waals surface area contributed by atoms with Gasteiger partial charge in [0.1, 0.15) is 12.6 Å². The van der Waals surface area contributed by atoms with Gasteiger partial charge in [-0.25, -0.2) is 4.79 Å². The number of amides is 2. The van der Waals surface area contributed by atoms with E-state index < -0.39 is 24.2 Å². The first-order valence-electron chi connectivity index (χ1n) is 11.7. The summed E-state index contributed by atoms with van der Waals surface area (Å²) >= 11 is 0. The Hall–Kier alpha value is -3.43. The second-order valence-corrected chi connectivity index (χ2v) is 9.16. The predicted molar refractivity (Wildman–Crippen MR) is 129 cm³/mol. The van der Waals surface area contributed by atoms with E-state index in [0.717, 1.165) is 22.3 Å². The van der Waals surface area contributed by atoms with E-state index in [9.17, 15) is 14.4 Å². The van der Waals surface area contributed by atoms with E-state index in [1.807, 2.05) is 55.4 Å². The molecule has 2 aliphatic rings. The van der Waals surface area contributed by atoms with Gasteiger partial charge in [0.25, 0.3) is 0 Å². The van der Waals surface area contributed by atoms with Crippen molar-refractivity contribution in [1.29, 1.82) is 0 Å². The molecular formula is C26H31N3O6. The van der Waals surface area contributed by atoms with Gasteiger partial charge in [0.15, 0.2) is 0 Å². The van der Waals surface area contributed by atoms with Crippen molar-refractivity contribution in [3.63, 3.8) is 0 Å². The summed E-state index contributed by atoms with van der Waals surface area (Å²) in [7, 11) is 3.62. The Kier molecular flexibility index (Phi) is 7.67. The fraction of sp³-hybridized carbons (Fsp3) is 0.423. The molecule has 186 valence electrons. The van der Waals surface area contributed by atoms with Gasteiger partial charge >= 0.3 is 12.1 Å². The summed E-state index contributed by atoms with van der Waals surface area (Å²) in [6, 6.07) is 15.3. The Morgan fingerprint density at radius 3 is 2.34 bits per heavy atom. The van der Waals surface area contributed by atoms with Crippen molar-refractivity contribution in [3.8, 4) is 11.1 Å². The van der Waals surface area contributed by atoms with Crippen LogP contribution in [0.5, 0.6) is 0 Å². The number of hydrogen-bond donors (Lipinski definition) is 2. The average Bonchev–Trinajstić information content (AvgIpc) is 3.15. The van der Waals surface area contributed by atoms with Gasteiger partial charge in [-0.05, 0) is 36.3 Å². The highest BCUT2D eigenvalue weighted by Gasteiger charge is 2.33. The third kappa shape index (κ3) is 5.80. The number of ether oxygens (including phenoxy) is 2. The van der Waals surface area contributed by atoms with Crippen molar-refractivity contribution in [3.05, 3.63) is 59.7 Å². The normalized spacial score (nSPS) is 18.0. The number of morpholine rings is 1. The van der Waals surface area contributed by atoms with Crippen LogP contribution in [-0.4, -0.2) is 92.0 Å². The molecule has 2 aromatic carbocycles. The zero-order valence-electron chi connectivity index (χ0n) is 20.0. The Morgan fingerprint density at radius 2 is 1.74 bits per heavy atom. The van der Waals surface area contributed by atoms with E-state index in [-0.39, 0.29) is 44.5 Å². The van der Waals surface area contributed by atoms with Crippen LogP contribution in [0.4, 0.5) is 4.79 Å². The van der Waals surface area contributed by atoms with Crippen LogP contribution in [-0.2, 0) is 19.1 Å². The molecule has 4 rings (SSSR count). The van der Waals surface area contributed by atoms with Crippen LogP contribution in [0.25, 0.3) is 11.1 Å². The molecule has 2 atom stereocenters. The first kappa shape index (κ1) is 24.7. The lowest BCUT2D eigenvalue weighted by molar-refractivity contribution is -0.148. The van der Waals surface area contributed by atoms with Gasteiger partial charge < -0.3 is 29.7 Å². The summed E-state index contributed by atoms with van der Waals surface area (Å²) in [5, 5.41) is 11.8. The maximum Gasteiger partial charge on any atom is 0.407 e. The molecule has 1 aliphatic heterocycles. The molecule has 1 aliphatic carbocycles. The molecule has 9 heteroatoms. The Balaban J connectivity index is 1.40. The number of carbonyl (C=O) groups is 3.